The van der Waals surface area contributed by atoms with Crippen molar-refractivity contribution in [3.05, 3.63) is 11.6 Å². The minimum absolute atomic E-state index is 0.0649. The van der Waals surface area contributed by atoms with Crippen LogP contribution in [0.15, 0.2) is 16.6 Å². The van der Waals surface area contributed by atoms with E-state index in [9.17, 15) is 0 Å². The van der Waals surface area contributed by atoms with E-state index in [0.717, 1.165) is 0 Å². The van der Waals surface area contributed by atoms with Crippen LogP contribution in [0, 0.1) is 5.92 Å². The highest BCUT2D eigenvalue weighted by atomic mass is 14.9. The molecule has 1 heteroatoms. The zero-order valence-electron chi connectivity index (χ0n) is 7.89. The Morgan fingerprint density at radius 2 is 2.18 bits per heavy atom. The van der Waals surface area contributed by atoms with E-state index in [0.29, 0.717) is 5.92 Å². The predicted octanol–water partition coefficient (Wildman–Crippen LogP) is 2.82. The molecule has 0 fully saturated rings. The summed E-state index contributed by atoms with van der Waals surface area (Å²) in [6, 6.07) is 0. The Balaban J connectivity index is 2.76. The number of rotatable bonds is 2. The molecule has 0 amide bonds. The first-order chi connectivity index (χ1) is 5.08. The summed E-state index contributed by atoms with van der Waals surface area (Å²) in [6.45, 7) is 8.84. The zero-order valence-corrected chi connectivity index (χ0v) is 7.89. The fraction of sp³-hybridized carbons (Fsp3) is 0.700. The lowest BCUT2D eigenvalue weighted by molar-refractivity contribution is 0.517. The predicted molar refractivity (Wildman–Crippen MR) is 50.1 cm³/mol. The molecule has 0 spiro atoms. The molecule has 1 rings (SSSR count). The van der Waals surface area contributed by atoms with Gasteiger partial charge >= 0.3 is 0 Å². The number of nitrogens with zero attached hydrogens (tertiary/aromatic N) is 1. The lowest BCUT2D eigenvalue weighted by Crippen LogP contribution is -2.21. The second kappa shape index (κ2) is 2.80. The molecule has 1 nitrogen and oxygen atoms in total. The summed E-state index contributed by atoms with van der Waals surface area (Å²) in [4.78, 5) is 4.40. The van der Waals surface area contributed by atoms with Crippen molar-refractivity contribution in [2.75, 3.05) is 0 Å². The van der Waals surface area contributed by atoms with E-state index in [1.807, 2.05) is 6.21 Å². The van der Waals surface area contributed by atoms with Crippen molar-refractivity contribution in [2.24, 2.45) is 10.9 Å². The van der Waals surface area contributed by atoms with Crippen LogP contribution in [0.1, 0.15) is 34.1 Å². The van der Waals surface area contributed by atoms with E-state index in [1.54, 1.807) is 0 Å². The number of hydrogen-bond acceptors (Lipinski definition) is 1. The molecule has 0 bridgehead atoms. The van der Waals surface area contributed by atoms with Gasteiger partial charge in [-0.2, -0.15) is 0 Å². The molecule has 1 unspecified atom stereocenters. The summed E-state index contributed by atoms with van der Waals surface area (Å²) < 4.78 is 0. The van der Waals surface area contributed by atoms with Crippen LogP contribution >= 0.6 is 0 Å². The van der Waals surface area contributed by atoms with Gasteiger partial charge in [0, 0.05) is 6.21 Å². The number of hydrogen-bond donors (Lipinski definition) is 0. The Hall–Kier alpha value is -0.590. The fourth-order valence-corrected chi connectivity index (χ4v) is 1.57. The second-order valence-electron chi connectivity index (χ2n) is 3.77. The van der Waals surface area contributed by atoms with Gasteiger partial charge in [0.15, 0.2) is 0 Å². The van der Waals surface area contributed by atoms with Crippen LogP contribution in [0.5, 0.6) is 0 Å². The molecule has 0 saturated carbocycles. The summed E-state index contributed by atoms with van der Waals surface area (Å²) >= 11 is 0. The molecule has 1 aliphatic rings. The van der Waals surface area contributed by atoms with Crippen LogP contribution in [0.4, 0.5) is 0 Å². The monoisotopic (exact) mass is 151 g/mol. The topological polar surface area (TPSA) is 12.4 Å². The van der Waals surface area contributed by atoms with E-state index in [1.165, 1.54) is 12.0 Å². The molecule has 0 aromatic carbocycles. The minimum atomic E-state index is 0.0649. The summed E-state index contributed by atoms with van der Waals surface area (Å²) in [5.41, 5.74) is 1.54. The van der Waals surface area contributed by atoms with Crippen LogP contribution in [-0.4, -0.2) is 11.8 Å². The van der Waals surface area contributed by atoms with E-state index in [4.69, 9.17) is 0 Å². The second-order valence-corrected chi connectivity index (χ2v) is 3.77. The van der Waals surface area contributed by atoms with Crippen molar-refractivity contribution >= 4 is 6.21 Å². The van der Waals surface area contributed by atoms with Gasteiger partial charge < -0.3 is 0 Å². The number of allylic oxidation sites excluding steroid dienone is 1. The molecule has 0 saturated heterocycles. The van der Waals surface area contributed by atoms with Crippen molar-refractivity contribution in [3.63, 3.8) is 0 Å². The molecule has 1 aliphatic heterocycles. The van der Waals surface area contributed by atoms with Crippen molar-refractivity contribution in [1.29, 1.82) is 0 Å². The van der Waals surface area contributed by atoms with Crippen LogP contribution in [-0.2, 0) is 0 Å². The Bertz CT molecular complexity index is 199. The minimum Gasteiger partial charge on any atom is -0.283 e. The first-order valence-electron chi connectivity index (χ1n) is 4.34. The van der Waals surface area contributed by atoms with Gasteiger partial charge in [0.05, 0.1) is 5.54 Å². The first-order valence-corrected chi connectivity index (χ1v) is 4.34. The zero-order chi connectivity index (χ0) is 8.48. The van der Waals surface area contributed by atoms with E-state index in [-0.39, 0.29) is 5.54 Å². The Kier molecular flexibility index (Phi) is 2.17. The molecular formula is C10H17N. The highest BCUT2D eigenvalue weighted by molar-refractivity contribution is 5.77. The molecule has 0 radical (unpaired) electrons. The highest BCUT2D eigenvalue weighted by Crippen LogP contribution is 2.31. The maximum atomic E-state index is 4.40. The van der Waals surface area contributed by atoms with E-state index in [2.05, 4.69) is 38.8 Å². The normalized spacial score (nSPS) is 23.5. The molecule has 0 aliphatic carbocycles. The van der Waals surface area contributed by atoms with Gasteiger partial charge in [0.25, 0.3) is 0 Å². The average molecular weight is 151 g/mol. The van der Waals surface area contributed by atoms with Gasteiger partial charge in [0.2, 0.25) is 0 Å². The smallest absolute Gasteiger partial charge is 0.0766 e. The third kappa shape index (κ3) is 1.52. The van der Waals surface area contributed by atoms with Gasteiger partial charge in [-0.15, -0.1) is 0 Å². The van der Waals surface area contributed by atoms with E-state index < -0.39 is 0 Å². The maximum absolute atomic E-state index is 4.40. The molecule has 0 aromatic rings. The molecule has 1 heterocycles. The van der Waals surface area contributed by atoms with Crippen molar-refractivity contribution in [3.8, 4) is 0 Å². The quantitative estimate of drug-likeness (QED) is 0.575. The molecule has 0 aromatic heterocycles. The molecule has 62 valence electrons. The van der Waals surface area contributed by atoms with Crippen LogP contribution in [0.2, 0.25) is 0 Å². The third-order valence-electron chi connectivity index (χ3n) is 2.50. The first kappa shape index (κ1) is 8.51. The van der Waals surface area contributed by atoms with Crippen molar-refractivity contribution in [2.45, 2.75) is 39.7 Å². The Labute approximate surface area is 69.2 Å². The van der Waals surface area contributed by atoms with Crippen LogP contribution < -0.4 is 0 Å². The van der Waals surface area contributed by atoms with E-state index >= 15 is 0 Å². The van der Waals surface area contributed by atoms with Crippen molar-refractivity contribution < 1.29 is 0 Å². The molecule has 1 atom stereocenters. The van der Waals surface area contributed by atoms with Gasteiger partial charge in [-0.3, -0.25) is 4.99 Å². The third-order valence-corrected chi connectivity index (χ3v) is 2.50. The summed E-state index contributed by atoms with van der Waals surface area (Å²) in [5, 5.41) is 0. The Morgan fingerprint density at radius 3 is 2.55 bits per heavy atom. The SMILES string of the molecule is CCC(C)C1=CC=NC1(C)C. The largest absolute Gasteiger partial charge is 0.283 e. The lowest BCUT2D eigenvalue weighted by Gasteiger charge is -2.24. The van der Waals surface area contributed by atoms with Gasteiger partial charge in [0.1, 0.15) is 0 Å². The molecule has 11 heavy (non-hydrogen) atoms. The van der Waals surface area contributed by atoms with Crippen molar-refractivity contribution in [1.82, 2.24) is 0 Å². The lowest BCUT2D eigenvalue weighted by atomic mass is 9.85. The number of aliphatic imine (C=N–C) groups is 1. The van der Waals surface area contributed by atoms with Gasteiger partial charge in [-0.25, -0.2) is 0 Å². The van der Waals surface area contributed by atoms with Gasteiger partial charge in [-0.05, 0) is 37.8 Å². The van der Waals surface area contributed by atoms with Gasteiger partial charge in [-0.1, -0.05) is 13.8 Å². The fourth-order valence-electron chi connectivity index (χ4n) is 1.57. The average Bonchev–Trinajstić information content (AvgIpc) is 2.28. The molecule has 0 N–H and O–H groups in total. The Morgan fingerprint density at radius 1 is 1.55 bits per heavy atom. The van der Waals surface area contributed by atoms with Crippen LogP contribution in [0.25, 0.3) is 0 Å². The standard InChI is InChI=1S/C10H17N/c1-5-8(2)9-6-7-11-10(9,3)4/h6-8H,5H2,1-4H3. The summed E-state index contributed by atoms with van der Waals surface area (Å²) in [6.07, 6.45) is 5.30. The summed E-state index contributed by atoms with van der Waals surface area (Å²) in [7, 11) is 0. The highest BCUT2D eigenvalue weighted by Gasteiger charge is 2.27. The maximum Gasteiger partial charge on any atom is 0.0766 e. The molecular weight excluding hydrogens is 134 g/mol. The van der Waals surface area contributed by atoms with Crippen LogP contribution in [0.3, 0.4) is 0 Å². The summed E-state index contributed by atoms with van der Waals surface area (Å²) in [5.74, 6) is 0.674.